The lowest BCUT2D eigenvalue weighted by molar-refractivity contribution is -0.119. The highest BCUT2D eigenvalue weighted by atomic mass is 32.2. The van der Waals surface area contributed by atoms with Crippen molar-refractivity contribution in [3.05, 3.63) is 0 Å². The van der Waals surface area contributed by atoms with E-state index in [2.05, 4.69) is 33.9 Å². The number of carbonyl (C=O) groups excluding carboxylic acids is 1. The van der Waals surface area contributed by atoms with Gasteiger partial charge < -0.3 is 9.53 Å². The normalized spacial score (nSPS) is 17.9. The van der Waals surface area contributed by atoms with Crippen LogP contribution >= 0.6 is 11.8 Å². The fraction of sp³-hybridized carbons (Fsp3) is 0.929. The molecule has 0 heterocycles. The van der Waals surface area contributed by atoms with E-state index in [1.165, 1.54) is 11.8 Å². The topological polar surface area (TPSA) is 46.5 Å². The second kappa shape index (κ2) is 7.25. The van der Waals surface area contributed by atoms with Crippen LogP contribution in [0.5, 0.6) is 0 Å². The molecule has 0 rings (SSSR count). The van der Waals surface area contributed by atoms with Gasteiger partial charge in [-0.2, -0.15) is 0 Å². The van der Waals surface area contributed by atoms with Crippen molar-refractivity contribution < 1.29 is 14.3 Å². The highest BCUT2D eigenvalue weighted by molar-refractivity contribution is 8.13. The summed E-state index contributed by atoms with van der Waals surface area (Å²) in [6, 6.07) is 0. The van der Waals surface area contributed by atoms with Crippen molar-refractivity contribution in [2.24, 2.45) is 5.92 Å². The number of rotatable bonds is 6. The molecule has 0 saturated heterocycles. The maximum atomic E-state index is 11.8. The molecule has 0 aromatic rings. The number of thioether (sulfide) groups is 1. The van der Waals surface area contributed by atoms with E-state index in [1.807, 2.05) is 13.8 Å². The highest BCUT2D eigenvalue weighted by Crippen LogP contribution is 2.38. The van der Waals surface area contributed by atoms with Gasteiger partial charge in [-0.25, -0.2) is 0 Å². The lowest BCUT2D eigenvalue weighted by atomic mass is 10.0. The second-order valence-corrected chi connectivity index (χ2v) is 12.6. The summed E-state index contributed by atoms with van der Waals surface area (Å²) in [5.41, 5.74) is 0. The van der Waals surface area contributed by atoms with Crippen molar-refractivity contribution in [1.82, 2.24) is 0 Å². The van der Waals surface area contributed by atoms with E-state index in [0.717, 1.165) is 5.75 Å². The number of aliphatic hydroxyl groups excluding tert-OH is 1. The molecule has 0 saturated carbocycles. The van der Waals surface area contributed by atoms with Crippen LogP contribution < -0.4 is 0 Å². The fourth-order valence-electron chi connectivity index (χ4n) is 1.53. The van der Waals surface area contributed by atoms with Gasteiger partial charge in [0.2, 0.25) is 0 Å². The minimum atomic E-state index is -1.91. The zero-order chi connectivity index (χ0) is 15.4. The minimum Gasteiger partial charge on any atom is -0.412 e. The van der Waals surface area contributed by atoms with Gasteiger partial charge in [0.1, 0.15) is 0 Å². The molecule has 3 nitrogen and oxygen atoms in total. The minimum absolute atomic E-state index is 0.0423. The van der Waals surface area contributed by atoms with Crippen LogP contribution in [-0.2, 0) is 9.22 Å². The third kappa shape index (κ3) is 5.58. The Hall–Kier alpha value is 0.157. The van der Waals surface area contributed by atoms with Crippen LogP contribution in [-0.4, -0.2) is 36.5 Å². The SMILES string of the molecule is CCSC(=O)[C@H](C)[C@@H](O)[C@@H](C)O[Si](C)(C)C(C)(C)C. The standard InChI is InChI=1S/C14H30O3SSi/c1-9-18-13(16)10(2)12(15)11(3)17-19(7,8)14(4,5)6/h10-12,15H,9H2,1-8H3/t10-,11-,12-/m1/s1. The Bertz CT molecular complexity index is 300. The Kier molecular flexibility index (Phi) is 7.31. The highest BCUT2D eigenvalue weighted by Gasteiger charge is 2.40. The van der Waals surface area contributed by atoms with Crippen molar-refractivity contribution in [1.29, 1.82) is 0 Å². The van der Waals surface area contributed by atoms with Crippen LogP contribution in [0.25, 0.3) is 0 Å². The van der Waals surface area contributed by atoms with Crippen LogP contribution in [0.1, 0.15) is 41.5 Å². The smallest absolute Gasteiger partial charge is 0.194 e. The van der Waals surface area contributed by atoms with Gasteiger partial charge in [0.05, 0.1) is 18.1 Å². The molecule has 0 aliphatic carbocycles. The first-order chi connectivity index (χ1) is 8.44. The van der Waals surface area contributed by atoms with E-state index >= 15 is 0 Å². The third-order valence-electron chi connectivity index (χ3n) is 3.94. The quantitative estimate of drug-likeness (QED) is 0.761. The molecule has 0 aromatic heterocycles. The van der Waals surface area contributed by atoms with Crippen molar-refractivity contribution in [3.8, 4) is 0 Å². The molecule has 1 N–H and O–H groups in total. The molecule has 19 heavy (non-hydrogen) atoms. The monoisotopic (exact) mass is 306 g/mol. The van der Waals surface area contributed by atoms with Gasteiger partial charge in [0.15, 0.2) is 13.4 Å². The van der Waals surface area contributed by atoms with Gasteiger partial charge in [0, 0.05) is 0 Å². The Morgan fingerprint density at radius 1 is 1.32 bits per heavy atom. The van der Waals surface area contributed by atoms with Crippen LogP contribution in [0.15, 0.2) is 0 Å². The number of hydrogen-bond acceptors (Lipinski definition) is 4. The molecular weight excluding hydrogens is 276 g/mol. The van der Waals surface area contributed by atoms with Crippen LogP contribution in [0.3, 0.4) is 0 Å². The molecule has 0 radical (unpaired) electrons. The van der Waals surface area contributed by atoms with E-state index in [4.69, 9.17) is 4.43 Å². The van der Waals surface area contributed by atoms with Gasteiger partial charge in [-0.05, 0) is 30.8 Å². The molecule has 0 bridgehead atoms. The van der Waals surface area contributed by atoms with Crippen molar-refractivity contribution in [2.45, 2.75) is 71.9 Å². The van der Waals surface area contributed by atoms with Gasteiger partial charge in [-0.1, -0.05) is 46.4 Å². The summed E-state index contributed by atoms with van der Waals surface area (Å²) in [7, 11) is -1.91. The van der Waals surface area contributed by atoms with Gasteiger partial charge in [-0.15, -0.1) is 0 Å². The number of aliphatic hydroxyl groups is 1. The van der Waals surface area contributed by atoms with Crippen LogP contribution in [0.4, 0.5) is 0 Å². The average Bonchev–Trinajstić information content (AvgIpc) is 2.25. The first kappa shape index (κ1) is 19.2. The summed E-state index contributed by atoms with van der Waals surface area (Å²) in [6.07, 6.45) is -1.04. The molecule has 0 aliphatic rings. The lowest BCUT2D eigenvalue weighted by Gasteiger charge is -2.40. The Balaban J connectivity index is 4.66. The Labute approximate surface area is 123 Å². The fourth-order valence-corrected chi connectivity index (χ4v) is 3.64. The van der Waals surface area contributed by atoms with Gasteiger partial charge >= 0.3 is 0 Å². The molecule has 3 atom stereocenters. The summed E-state index contributed by atoms with van der Waals surface area (Å²) in [5, 5.41) is 10.4. The molecule has 0 spiro atoms. The largest absolute Gasteiger partial charge is 0.412 e. The summed E-state index contributed by atoms with van der Waals surface area (Å²) in [6.45, 7) is 16.4. The Morgan fingerprint density at radius 2 is 1.79 bits per heavy atom. The maximum absolute atomic E-state index is 11.8. The number of hydrogen-bond donors (Lipinski definition) is 1. The summed E-state index contributed by atoms with van der Waals surface area (Å²) in [4.78, 5) is 11.8. The number of carbonyl (C=O) groups is 1. The zero-order valence-corrected chi connectivity index (χ0v) is 15.4. The maximum Gasteiger partial charge on any atom is 0.194 e. The van der Waals surface area contributed by atoms with Crippen molar-refractivity contribution in [2.75, 3.05) is 5.75 Å². The van der Waals surface area contributed by atoms with E-state index in [0.29, 0.717) is 0 Å². The summed E-state index contributed by atoms with van der Waals surface area (Å²) in [5.74, 6) is 0.359. The molecule has 114 valence electrons. The molecule has 0 amide bonds. The molecule has 0 unspecified atom stereocenters. The summed E-state index contributed by atoms with van der Waals surface area (Å²) < 4.78 is 6.14. The first-order valence-electron chi connectivity index (χ1n) is 6.96. The molecule has 0 fully saturated rings. The van der Waals surface area contributed by atoms with Gasteiger partial charge in [0.25, 0.3) is 0 Å². The first-order valence-corrected chi connectivity index (χ1v) is 10.9. The zero-order valence-electron chi connectivity index (χ0n) is 13.6. The van der Waals surface area contributed by atoms with E-state index in [-0.39, 0.29) is 22.2 Å². The lowest BCUT2D eigenvalue weighted by Crippen LogP contribution is -2.48. The average molecular weight is 307 g/mol. The van der Waals surface area contributed by atoms with E-state index in [9.17, 15) is 9.90 Å². The predicted octanol–water partition coefficient (Wildman–Crippen LogP) is 3.67. The van der Waals surface area contributed by atoms with E-state index < -0.39 is 14.4 Å². The van der Waals surface area contributed by atoms with Crippen molar-refractivity contribution >= 4 is 25.2 Å². The third-order valence-corrected chi connectivity index (χ3v) is 9.46. The predicted molar refractivity (Wildman–Crippen MR) is 86.1 cm³/mol. The molecule has 0 aromatic carbocycles. The molecule has 5 heteroatoms. The van der Waals surface area contributed by atoms with E-state index in [1.54, 1.807) is 6.92 Å². The molecule has 0 aliphatic heterocycles. The Morgan fingerprint density at radius 3 is 2.16 bits per heavy atom. The molecular formula is C14H30O3SSi. The van der Waals surface area contributed by atoms with Crippen LogP contribution in [0.2, 0.25) is 18.1 Å². The van der Waals surface area contributed by atoms with Crippen LogP contribution in [0, 0.1) is 5.92 Å². The summed E-state index contributed by atoms with van der Waals surface area (Å²) >= 11 is 1.27. The van der Waals surface area contributed by atoms with Gasteiger partial charge in [-0.3, -0.25) is 4.79 Å². The second-order valence-electron chi connectivity index (χ2n) is 6.61. The van der Waals surface area contributed by atoms with Crippen molar-refractivity contribution in [3.63, 3.8) is 0 Å².